The predicted molar refractivity (Wildman–Crippen MR) is 68.2 cm³/mol. The Labute approximate surface area is 102 Å². The summed E-state index contributed by atoms with van der Waals surface area (Å²) in [5.41, 5.74) is 1.07. The van der Waals surface area contributed by atoms with Crippen LogP contribution in [0.1, 0.15) is 10.4 Å². The number of carboxylic acids is 1. The fourth-order valence-corrected chi connectivity index (χ4v) is 2.78. The summed E-state index contributed by atoms with van der Waals surface area (Å²) in [6, 6.07) is 5.69. The fraction of sp³-hybridized carbons (Fsp3) is 0.0833. The van der Waals surface area contributed by atoms with E-state index in [4.69, 9.17) is 16.7 Å². The number of carbonyl (C=O) groups is 1. The number of hydrogen-bond acceptors (Lipinski definition) is 2. The van der Waals surface area contributed by atoms with Gasteiger partial charge in [-0.2, -0.15) is 0 Å². The van der Waals surface area contributed by atoms with Crippen LogP contribution in [0.2, 0.25) is 5.02 Å². The molecule has 1 N–H and O–H groups in total. The van der Waals surface area contributed by atoms with Crippen molar-refractivity contribution in [1.82, 2.24) is 0 Å². The van der Waals surface area contributed by atoms with Gasteiger partial charge in [-0.3, -0.25) is 0 Å². The molecule has 0 aliphatic carbocycles. The molecule has 1 aromatic carbocycles. The van der Waals surface area contributed by atoms with Gasteiger partial charge in [-0.15, -0.1) is 11.3 Å². The summed E-state index contributed by atoms with van der Waals surface area (Å²) in [4.78, 5) is 11.4. The number of halogens is 1. The normalized spacial score (nSPS) is 11.4. The van der Waals surface area contributed by atoms with Crippen LogP contribution < -0.4 is 0 Å². The van der Waals surface area contributed by atoms with Crippen LogP contribution >= 0.6 is 22.9 Å². The first-order chi connectivity index (χ1) is 7.58. The quantitative estimate of drug-likeness (QED) is 0.822. The molecule has 1 heterocycles. The molecular weight excluding hydrogens is 244 g/mol. The zero-order valence-corrected chi connectivity index (χ0v) is 10.1. The van der Waals surface area contributed by atoms with E-state index in [1.807, 2.05) is 25.1 Å². The van der Waals surface area contributed by atoms with Crippen LogP contribution in [0.15, 0.2) is 24.3 Å². The van der Waals surface area contributed by atoms with Crippen LogP contribution in [-0.4, -0.2) is 11.1 Å². The number of hydrogen-bond donors (Lipinski definition) is 1. The van der Waals surface area contributed by atoms with E-state index in [9.17, 15) is 4.79 Å². The van der Waals surface area contributed by atoms with Gasteiger partial charge in [-0.05, 0) is 42.1 Å². The molecule has 0 atom stereocenters. The minimum absolute atomic E-state index is 0.696. The molecule has 0 aliphatic rings. The first kappa shape index (κ1) is 11.2. The summed E-state index contributed by atoms with van der Waals surface area (Å²) in [7, 11) is 0. The molecule has 2 aromatic rings. The van der Waals surface area contributed by atoms with Crippen LogP contribution in [0.25, 0.3) is 16.2 Å². The SMILES string of the molecule is Cc1c(/C=C/C(=O)O)sc2ccc(Cl)cc12. The number of benzene rings is 1. The summed E-state index contributed by atoms with van der Waals surface area (Å²) < 4.78 is 1.12. The molecule has 0 saturated heterocycles. The fourth-order valence-electron chi connectivity index (χ4n) is 1.52. The molecule has 0 radical (unpaired) electrons. The molecule has 1 aromatic heterocycles. The molecule has 16 heavy (non-hydrogen) atoms. The average Bonchev–Trinajstić information content (AvgIpc) is 2.53. The Morgan fingerprint density at radius 1 is 1.50 bits per heavy atom. The van der Waals surface area contributed by atoms with Crippen molar-refractivity contribution in [1.29, 1.82) is 0 Å². The van der Waals surface area contributed by atoms with E-state index >= 15 is 0 Å². The van der Waals surface area contributed by atoms with Crippen LogP contribution in [0.4, 0.5) is 0 Å². The summed E-state index contributed by atoms with van der Waals surface area (Å²) in [6.07, 6.45) is 2.77. The lowest BCUT2D eigenvalue weighted by atomic mass is 10.1. The highest BCUT2D eigenvalue weighted by Crippen LogP contribution is 2.33. The standard InChI is InChI=1S/C12H9ClO2S/c1-7-9-6-8(13)2-3-11(9)16-10(7)4-5-12(14)15/h2-6H,1H3,(H,14,15)/b5-4+. The summed E-state index contributed by atoms with van der Waals surface area (Å²) >= 11 is 7.49. The first-order valence-electron chi connectivity index (χ1n) is 4.67. The second-order valence-electron chi connectivity index (χ2n) is 3.40. The third-order valence-electron chi connectivity index (χ3n) is 2.31. The molecule has 0 unspecified atom stereocenters. The lowest BCUT2D eigenvalue weighted by molar-refractivity contribution is -0.131. The molecule has 0 fully saturated rings. The number of thiophene rings is 1. The van der Waals surface area contributed by atoms with Crippen LogP contribution in [-0.2, 0) is 4.79 Å². The number of fused-ring (bicyclic) bond motifs is 1. The maximum Gasteiger partial charge on any atom is 0.328 e. The van der Waals surface area contributed by atoms with Gasteiger partial charge in [0, 0.05) is 20.7 Å². The lowest BCUT2D eigenvalue weighted by Crippen LogP contribution is -1.85. The van der Waals surface area contributed by atoms with Crippen LogP contribution in [0, 0.1) is 6.92 Å². The zero-order chi connectivity index (χ0) is 11.7. The Morgan fingerprint density at radius 3 is 2.94 bits per heavy atom. The molecule has 82 valence electrons. The van der Waals surface area contributed by atoms with E-state index in [1.165, 1.54) is 0 Å². The van der Waals surface area contributed by atoms with Crippen molar-refractivity contribution in [2.75, 3.05) is 0 Å². The van der Waals surface area contributed by atoms with E-state index in [1.54, 1.807) is 17.4 Å². The number of aliphatic carboxylic acids is 1. The van der Waals surface area contributed by atoms with E-state index < -0.39 is 5.97 Å². The molecule has 4 heteroatoms. The number of carboxylic acid groups (broad SMARTS) is 1. The van der Waals surface area contributed by atoms with Gasteiger partial charge in [-0.1, -0.05) is 11.6 Å². The summed E-state index contributed by atoms with van der Waals surface area (Å²) in [5.74, 6) is -0.935. The molecule has 2 rings (SSSR count). The van der Waals surface area contributed by atoms with E-state index in [2.05, 4.69) is 0 Å². The third kappa shape index (κ3) is 2.10. The van der Waals surface area contributed by atoms with Crippen molar-refractivity contribution < 1.29 is 9.90 Å². The van der Waals surface area contributed by atoms with Gasteiger partial charge in [0.2, 0.25) is 0 Å². The lowest BCUT2D eigenvalue weighted by Gasteiger charge is -1.92. The zero-order valence-electron chi connectivity index (χ0n) is 8.53. The predicted octanol–water partition coefficient (Wildman–Crippen LogP) is 3.96. The minimum atomic E-state index is -0.935. The maximum absolute atomic E-state index is 10.4. The van der Waals surface area contributed by atoms with Gasteiger partial charge in [0.05, 0.1) is 0 Å². The highest BCUT2D eigenvalue weighted by atomic mass is 35.5. The van der Waals surface area contributed by atoms with Crippen LogP contribution in [0.5, 0.6) is 0 Å². The van der Waals surface area contributed by atoms with Gasteiger partial charge < -0.3 is 5.11 Å². The Balaban J connectivity index is 2.56. The maximum atomic E-state index is 10.4. The molecule has 0 spiro atoms. The van der Waals surface area contributed by atoms with Crippen molar-refractivity contribution >= 4 is 45.1 Å². The highest BCUT2D eigenvalue weighted by molar-refractivity contribution is 7.20. The highest BCUT2D eigenvalue weighted by Gasteiger charge is 2.06. The Kier molecular flexibility index (Phi) is 2.99. The third-order valence-corrected chi connectivity index (χ3v) is 3.79. The topological polar surface area (TPSA) is 37.3 Å². The van der Waals surface area contributed by atoms with E-state index in [0.29, 0.717) is 5.02 Å². The monoisotopic (exact) mass is 252 g/mol. The van der Waals surface area contributed by atoms with Crippen molar-refractivity contribution in [3.63, 3.8) is 0 Å². The molecule has 0 amide bonds. The van der Waals surface area contributed by atoms with Crippen molar-refractivity contribution in [3.8, 4) is 0 Å². The van der Waals surface area contributed by atoms with Crippen molar-refractivity contribution in [3.05, 3.63) is 39.7 Å². The number of rotatable bonds is 2. The van der Waals surface area contributed by atoms with Gasteiger partial charge in [-0.25, -0.2) is 4.79 Å². The van der Waals surface area contributed by atoms with Gasteiger partial charge in [0.1, 0.15) is 0 Å². The largest absolute Gasteiger partial charge is 0.478 e. The summed E-state index contributed by atoms with van der Waals surface area (Å²) in [6.45, 7) is 1.97. The molecular formula is C12H9ClO2S. The number of aryl methyl sites for hydroxylation is 1. The van der Waals surface area contributed by atoms with Crippen molar-refractivity contribution in [2.45, 2.75) is 6.92 Å². The average molecular weight is 253 g/mol. The van der Waals surface area contributed by atoms with E-state index in [0.717, 1.165) is 26.6 Å². The second kappa shape index (κ2) is 4.28. The molecule has 2 nitrogen and oxygen atoms in total. The smallest absolute Gasteiger partial charge is 0.328 e. The van der Waals surface area contributed by atoms with Gasteiger partial charge >= 0.3 is 5.97 Å². The molecule has 0 saturated carbocycles. The minimum Gasteiger partial charge on any atom is -0.478 e. The van der Waals surface area contributed by atoms with Crippen LogP contribution in [0.3, 0.4) is 0 Å². The summed E-state index contributed by atoms with van der Waals surface area (Å²) in [5, 5.41) is 10.4. The van der Waals surface area contributed by atoms with Gasteiger partial charge in [0.25, 0.3) is 0 Å². The van der Waals surface area contributed by atoms with E-state index in [-0.39, 0.29) is 0 Å². The first-order valence-corrected chi connectivity index (χ1v) is 5.87. The van der Waals surface area contributed by atoms with Gasteiger partial charge in [0.15, 0.2) is 0 Å². The Bertz CT molecular complexity index is 584. The Hall–Kier alpha value is -1.32. The van der Waals surface area contributed by atoms with Crippen molar-refractivity contribution in [2.24, 2.45) is 0 Å². The second-order valence-corrected chi connectivity index (χ2v) is 4.92. The molecule has 0 bridgehead atoms. The molecule has 0 aliphatic heterocycles. The Morgan fingerprint density at radius 2 is 2.25 bits per heavy atom.